The molecule has 1 aliphatic rings. The van der Waals surface area contributed by atoms with Gasteiger partial charge in [-0.3, -0.25) is 14.6 Å². The first-order valence-electron chi connectivity index (χ1n) is 7.51. The minimum atomic E-state index is -0.586. The number of hydrogen-bond donors (Lipinski definition) is 2. The Balaban J connectivity index is 1.74. The van der Waals surface area contributed by atoms with E-state index in [2.05, 4.69) is 15.0 Å². The van der Waals surface area contributed by atoms with E-state index in [4.69, 9.17) is 4.42 Å². The number of aromatic nitrogens is 3. The van der Waals surface area contributed by atoms with Gasteiger partial charge in [-0.15, -0.1) is 0 Å². The fourth-order valence-electron chi connectivity index (χ4n) is 2.52. The van der Waals surface area contributed by atoms with Crippen molar-refractivity contribution in [3.05, 3.63) is 49.9 Å². The first-order valence-corrected chi connectivity index (χ1v) is 7.51. The van der Waals surface area contributed by atoms with Crippen molar-refractivity contribution in [3.8, 4) is 0 Å². The highest BCUT2D eigenvalue weighted by Crippen LogP contribution is 2.23. The second-order valence-electron chi connectivity index (χ2n) is 5.92. The Morgan fingerprint density at radius 2 is 2.22 bits per heavy atom. The van der Waals surface area contributed by atoms with Crippen molar-refractivity contribution in [2.24, 2.45) is 0 Å². The molecule has 0 bridgehead atoms. The van der Waals surface area contributed by atoms with Crippen molar-refractivity contribution >= 4 is 5.91 Å². The van der Waals surface area contributed by atoms with Crippen LogP contribution in [0.1, 0.15) is 42.7 Å². The average Bonchev–Trinajstić information content (AvgIpc) is 2.93. The first kappa shape index (κ1) is 15.3. The molecule has 0 saturated heterocycles. The number of aromatic amines is 2. The lowest BCUT2D eigenvalue weighted by Crippen LogP contribution is -2.38. The standard InChI is InChI=1S/C15H18N4O4/c1-8(2)14-17-10-7-19(4-3-11(10)23-14)12(20)5-9-6-16-15(22)18-13(9)21/h6,8H,3-5,7H2,1-2H3,(H2,16,18,21,22). The van der Waals surface area contributed by atoms with Gasteiger partial charge < -0.3 is 14.3 Å². The molecular formula is C15H18N4O4. The van der Waals surface area contributed by atoms with Crippen LogP contribution in [0, 0.1) is 0 Å². The van der Waals surface area contributed by atoms with Crippen LogP contribution in [0.3, 0.4) is 0 Å². The maximum absolute atomic E-state index is 12.4. The van der Waals surface area contributed by atoms with Gasteiger partial charge in [0.2, 0.25) is 5.91 Å². The largest absolute Gasteiger partial charge is 0.445 e. The zero-order valence-electron chi connectivity index (χ0n) is 13.0. The van der Waals surface area contributed by atoms with Gasteiger partial charge in [-0.05, 0) is 0 Å². The second kappa shape index (κ2) is 5.86. The molecule has 23 heavy (non-hydrogen) atoms. The number of carbonyl (C=O) groups excluding carboxylic acids is 1. The van der Waals surface area contributed by atoms with Crippen LogP contribution in [0.15, 0.2) is 20.2 Å². The molecule has 0 saturated carbocycles. The Morgan fingerprint density at radius 1 is 1.43 bits per heavy atom. The molecule has 0 spiro atoms. The van der Waals surface area contributed by atoms with Crippen LogP contribution < -0.4 is 11.2 Å². The molecule has 0 radical (unpaired) electrons. The lowest BCUT2D eigenvalue weighted by Gasteiger charge is -2.25. The van der Waals surface area contributed by atoms with E-state index in [0.717, 1.165) is 11.5 Å². The molecule has 3 rings (SSSR count). The Kier molecular flexibility index (Phi) is 3.89. The third-order valence-corrected chi connectivity index (χ3v) is 3.83. The monoisotopic (exact) mass is 318 g/mol. The quantitative estimate of drug-likeness (QED) is 0.845. The summed E-state index contributed by atoms with van der Waals surface area (Å²) in [6.07, 6.45) is 1.83. The number of fused-ring (bicyclic) bond motifs is 1. The van der Waals surface area contributed by atoms with Gasteiger partial charge >= 0.3 is 5.69 Å². The summed E-state index contributed by atoms with van der Waals surface area (Å²) in [4.78, 5) is 45.6. The third kappa shape index (κ3) is 3.10. The summed E-state index contributed by atoms with van der Waals surface area (Å²) in [6, 6.07) is 0. The molecule has 0 aromatic carbocycles. The number of oxazole rings is 1. The molecule has 0 atom stereocenters. The highest BCUT2D eigenvalue weighted by molar-refractivity contribution is 5.78. The summed E-state index contributed by atoms with van der Waals surface area (Å²) in [5.41, 5.74) is -0.104. The Hall–Kier alpha value is -2.64. The van der Waals surface area contributed by atoms with Crippen molar-refractivity contribution in [1.82, 2.24) is 19.9 Å². The van der Waals surface area contributed by atoms with Gasteiger partial charge in [-0.1, -0.05) is 13.8 Å². The topological polar surface area (TPSA) is 112 Å². The molecule has 1 aliphatic heterocycles. The Morgan fingerprint density at radius 3 is 2.91 bits per heavy atom. The smallest absolute Gasteiger partial charge is 0.325 e. The molecule has 122 valence electrons. The summed E-state index contributed by atoms with van der Waals surface area (Å²) in [7, 11) is 0. The van der Waals surface area contributed by atoms with Gasteiger partial charge in [0, 0.05) is 30.6 Å². The normalized spacial score (nSPS) is 14.1. The maximum atomic E-state index is 12.4. The lowest BCUT2D eigenvalue weighted by atomic mass is 10.1. The number of H-pyrrole nitrogens is 2. The Labute approximate surface area is 131 Å². The van der Waals surface area contributed by atoms with Crippen LogP contribution in [0.4, 0.5) is 0 Å². The number of nitrogens with one attached hydrogen (secondary N) is 2. The van der Waals surface area contributed by atoms with Crippen LogP contribution in [0.2, 0.25) is 0 Å². The number of carbonyl (C=O) groups is 1. The number of amides is 1. The molecule has 1 amide bonds. The van der Waals surface area contributed by atoms with Gasteiger partial charge in [0.05, 0.1) is 13.0 Å². The van der Waals surface area contributed by atoms with Crippen molar-refractivity contribution < 1.29 is 9.21 Å². The molecular weight excluding hydrogens is 300 g/mol. The predicted octanol–water partition coefficient (Wildman–Crippen LogP) is 0.302. The minimum Gasteiger partial charge on any atom is -0.445 e. The van der Waals surface area contributed by atoms with E-state index in [-0.39, 0.29) is 23.8 Å². The Bertz CT molecular complexity index is 846. The molecule has 0 aliphatic carbocycles. The van der Waals surface area contributed by atoms with E-state index in [1.165, 1.54) is 6.20 Å². The predicted molar refractivity (Wildman–Crippen MR) is 81.1 cm³/mol. The summed E-state index contributed by atoms with van der Waals surface area (Å²) in [6.45, 7) is 4.91. The third-order valence-electron chi connectivity index (χ3n) is 3.83. The van der Waals surface area contributed by atoms with Crippen LogP contribution in [0.25, 0.3) is 0 Å². The zero-order valence-corrected chi connectivity index (χ0v) is 13.0. The van der Waals surface area contributed by atoms with Crippen molar-refractivity contribution in [3.63, 3.8) is 0 Å². The van der Waals surface area contributed by atoms with Crippen LogP contribution in [-0.4, -0.2) is 32.3 Å². The number of hydrogen-bond acceptors (Lipinski definition) is 5. The highest BCUT2D eigenvalue weighted by atomic mass is 16.4. The molecule has 0 unspecified atom stereocenters. The average molecular weight is 318 g/mol. The lowest BCUT2D eigenvalue weighted by molar-refractivity contribution is -0.131. The van der Waals surface area contributed by atoms with E-state index in [1.54, 1.807) is 4.90 Å². The molecule has 0 fully saturated rings. The summed E-state index contributed by atoms with van der Waals surface area (Å²) < 4.78 is 5.70. The summed E-state index contributed by atoms with van der Waals surface area (Å²) in [5.74, 6) is 1.53. The van der Waals surface area contributed by atoms with Crippen LogP contribution in [0.5, 0.6) is 0 Å². The highest BCUT2D eigenvalue weighted by Gasteiger charge is 2.26. The number of rotatable bonds is 3. The molecule has 2 aromatic heterocycles. The van der Waals surface area contributed by atoms with Gasteiger partial charge in [-0.2, -0.15) is 0 Å². The second-order valence-corrected chi connectivity index (χ2v) is 5.92. The van der Waals surface area contributed by atoms with E-state index in [0.29, 0.717) is 25.4 Å². The fraction of sp³-hybridized carbons (Fsp3) is 0.467. The molecule has 8 heteroatoms. The molecule has 8 nitrogen and oxygen atoms in total. The van der Waals surface area contributed by atoms with Gasteiger partial charge in [0.25, 0.3) is 5.56 Å². The van der Waals surface area contributed by atoms with Crippen molar-refractivity contribution in [1.29, 1.82) is 0 Å². The molecule has 2 aromatic rings. The van der Waals surface area contributed by atoms with Crippen LogP contribution in [-0.2, 0) is 24.2 Å². The van der Waals surface area contributed by atoms with E-state index < -0.39 is 11.2 Å². The fourth-order valence-corrected chi connectivity index (χ4v) is 2.52. The molecule has 2 N–H and O–H groups in total. The number of nitrogens with zero attached hydrogens (tertiary/aromatic N) is 2. The zero-order chi connectivity index (χ0) is 16.6. The summed E-state index contributed by atoms with van der Waals surface area (Å²) in [5, 5.41) is 0. The van der Waals surface area contributed by atoms with E-state index >= 15 is 0 Å². The minimum absolute atomic E-state index is 0.0592. The van der Waals surface area contributed by atoms with Gasteiger partial charge in [-0.25, -0.2) is 9.78 Å². The van der Waals surface area contributed by atoms with E-state index in [1.807, 2.05) is 13.8 Å². The summed E-state index contributed by atoms with van der Waals surface area (Å²) >= 11 is 0. The first-order chi connectivity index (χ1) is 10.9. The van der Waals surface area contributed by atoms with Crippen molar-refractivity contribution in [2.75, 3.05) is 6.54 Å². The SMILES string of the molecule is CC(C)c1nc2c(o1)CCN(C(=O)Cc1c[nH]c(=O)[nH]c1=O)C2. The van der Waals surface area contributed by atoms with Crippen molar-refractivity contribution in [2.45, 2.75) is 39.2 Å². The van der Waals surface area contributed by atoms with Gasteiger partial charge in [0.1, 0.15) is 11.5 Å². The van der Waals surface area contributed by atoms with Gasteiger partial charge in [0.15, 0.2) is 5.89 Å². The molecule has 3 heterocycles. The maximum Gasteiger partial charge on any atom is 0.325 e. The van der Waals surface area contributed by atoms with E-state index in [9.17, 15) is 14.4 Å². The van der Waals surface area contributed by atoms with Crippen LogP contribution >= 0.6 is 0 Å².